The number of aliphatic hydroxyl groups is 1. The molecule has 0 aliphatic rings. The molecule has 0 saturated carbocycles. The molecule has 5 nitrogen and oxygen atoms in total. The highest BCUT2D eigenvalue weighted by Gasteiger charge is 2.22. The molecule has 2 atom stereocenters. The van der Waals surface area contributed by atoms with Crippen LogP contribution in [0.1, 0.15) is 58.2 Å². The lowest BCUT2D eigenvalue weighted by atomic mass is 9.96. The van der Waals surface area contributed by atoms with E-state index in [0.717, 1.165) is 37.1 Å². The average Bonchev–Trinajstić information content (AvgIpc) is 2.98. The first-order valence-electron chi connectivity index (χ1n) is 8.17. The summed E-state index contributed by atoms with van der Waals surface area (Å²) >= 11 is 0. The highest BCUT2D eigenvalue weighted by Crippen LogP contribution is 2.28. The van der Waals surface area contributed by atoms with Crippen LogP contribution in [0.4, 0.5) is 0 Å². The Bertz CT molecular complexity index is 567. The Labute approximate surface area is 132 Å². The van der Waals surface area contributed by atoms with Crippen LogP contribution in [0.15, 0.2) is 24.4 Å². The van der Waals surface area contributed by atoms with Gasteiger partial charge in [0.25, 0.3) is 0 Å². The molecule has 5 heteroatoms. The molecule has 1 N–H and O–H groups in total. The topological polar surface area (TPSA) is 63.8 Å². The summed E-state index contributed by atoms with van der Waals surface area (Å²) in [7, 11) is 0. The first kappa shape index (κ1) is 16.6. The van der Waals surface area contributed by atoms with E-state index in [2.05, 4.69) is 36.1 Å². The number of aliphatic hydroxyl groups excluding tert-OH is 1. The minimum Gasteiger partial charge on any atom is -0.390 e. The maximum absolute atomic E-state index is 9.83. The third-order valence-corrected chi connectivity index (χ3v) is 4.19. The highest BCUT2D eigenvalue weighted by atomic mass is 16.3. The van der Waals surface area contributed by atoms with Gasteiger partial charge in [-0.1, -0.05) is 44.9 Å². The third kappa shape index (κ3) is 3.71. The van der Waals surface area contributed by atoms with Crippen LogP contribution >= 0.6 is 0 Å². The Hall–Kier alpha value is -1.75. The Morgan fingerprint density at radius 3 is 2.68 bits per heavy atom. The fourth-order valence-electron chi connectivity index (χ4n) is 2.76. The Kier molecular flexibility index (Phi) is 6.07. The summed E-state index contributed by atoms with van der Waals surface area (Å²) in [6.45, 7) is 6.58. The molecular weight excluding hydrogens is 276 g/mol. The molecule has 0 amide bonds. The van der Waals surface area contributed by atoms with Gasteiger partial charge in [0.1, 0.15) is 5.69 Å². The molecule has 120 valence electrons. The molecule has 0 aliphatic carbocycles. The maximum atomic E-state index is 9.83. The average molecular weight is 302 g/mol. The van der Waals surface area contributed by atoms with Gasteiger partial charge in [-0.05, 0) is 30.9 Å². The van der Waals surface area contributed by atoms with Gasteiger partial charge in [0.15, 0.2) is 0 Å². The third-order valence-electron chi connectivity index (χ3n) is 4.19. The second-order valence-electron chi connectivity index (χ2n) is 5.89. The van der Waals surface area contributed by atoms with Crippen LogP contribution in [-0.2, 0) is 6.61 Å². The van der Waals surface area contributed by atoms with Gasteiger partial charge in [-0.2, -0.15) is 0 Å². The fraction of sp³-hybridized carbons (Fsp3) is 0.588. The lowest BCUT2D eigenvalue weighted by molar-refractivity contribution is 0.249. The second kappa shape index (κ2) is 8.03. The molecule has 0 aliphatic heterocycles. The SMILES string of the molecule is CCCC(CC(C)CC)n1nnc(-c2ccccn2)c1CO. The van der Waals surface area contributed by atoms with Crippen LogP contribution in [0.25, 0.3) is 11.4 Å². The number of pyridine rings is 1. The van der Waals surface area contributed by atoms with Crippen LogP contribution in [-0.4, -0.2) is 25.1 Å². The van der Waals surface area contributed by atoms with Gasteiger partial charge >= 0.3 is 0 Å². The van der Waals surface area contributed by atoms with Crippen LogP contribution < -0.4 is 0 Å². The quantitative estimate of drug-likeness (QED) is 0.809. The lowest BCUT2D eigenvalue weighted by Gasteiger charge is -2.21. The van der Waals surface area contributed by atoms with E-state index in [1.165, 1.54) is 0 Å². The molecule has 2 heterocycles. The van der Waals surface area contributed by atoms with Gasteiger partial charge in [0, 0.05) is 6.20 Å². The predicted molar refractivity (Wildman–Crippen MR) is 87.2 cm³/mol. The molecule has 0 fully saturated rings. The summed E-state index contributed by atoms with van der Waals surface area (Å²) in [5.74, 6) is 0.630. The standard InChI is InChI=1S/C17H26N4O/c1-4-8-14(11-13(3)5-2)21-16(12-22)17(19-20-21)15-9-6-7-10-18-15/h6-7,9-10,13-14,22H,4-5,8,11-12H2,1-3H3. The Morgan fingerprint density at radius 2 is 2.09 bits per heavy atom. The number of rotatable bonds is 8. The maximum Gasteiger partial charge on any atom is 0.137 e. The molecule has 2 rings (SSSR count). The monoisotopic (exact) mass is 302 g/mol. The van der Waals surface area contributed by atoms with Crippen LogP contribution in [0.2, 0.25) is 0 Å². The molecule has 0 aromatic carbocycles. The summed E-state index contributed by atoms with van der Waals surface area (Å²) in [6.07, 6.45) is 6.07. The molecule has 2 aromatic heterocycles. The summed E-state index contributed by atoms with van der Waals surface area (Å²) in [4.78, 5) is 4.33. The lowest BCUT2D eigenvalue weighted by Crippen LogP contribution is -2.17. The number of aromatic nitrogens is 4. The molecule has 22 heavy (non-hydrogen) atoms. The van der Waals surface area contributed by atoms with Crippen molar-refractivity contribution >= 4 is 0 Å². The number of nitrogens with zero attached hydrogens (tertiary/aromatic N) is 4. The fourth-order valence-corrected chi connectivity index (χ4v) is 2.76. The minimum absolute atomic E-state index is 0.0698. The van der Waals surface area contributed by atoms with E-state index in [1.54, 1.807) is 6.20 Å². The summed E-state index contributed by atoms with van der Waals surface area (Å²) in [5, 5.41) is 18.4. The van der Waals surface area contributed by atoms with Crippen molar-refractivity contribution in [1.29, 1.82) is 0 Å². The first-order valence-corrected chi connectivity index (χ1v) is 8.17. The van der Waals surface area contributed by atoms with Gasteiger partial charge in [-0.3, -0.25) is 4.98 Å². The van der Waals surface area contributed by atoms with Crippen molar-refractivity contribution in [3.63, 3.8) is 0 Å². The van der Waals surface area contributed by atoms with Gasteiger partial charge < -0.3 is 5.11 Å². The van der Waals surface area contributed by atoms with E-state index >= 15 is 0 Å². The summed E-state index contributed by atoms with van der Waals surface area (Å²) in [5.41, 5.74) is 2.21. The van der Waals surface area contributed by atoms with Crippen molar-refractivity contribution in [2.45, 2.75) is 59.1 Å². The van der Waals surface area contributed by atoms with Crippen molar-refractivity contribution in [3.8, 4) is 11.4 Å². The van der Waals surface area contributed by atoms with Gasteiger partial charge in [-0.25, -0.2) is 4.68 Å². The Balaban J connectivity index is 2.35. The molecule has 0 radical (unpaired) electrons. The van der Waals surface area contributed by atoms with E-state index in [0.29, 0.717) is 11.6 Å². The van der Waals surface area contributed by atoms with E-state index in [1.807, 2.05) is 22.9 Å². The van der Waals surface area contributed by atoms with E-state index in [9.17, 15) is 5.11 Å². The van der Waals surface area contributed by atoms with Crippen molar-refractivity contribution < 1.29 is 5.11 Å². The smallest absolute Gasteiger partial charge is 0.137 e. The van der Waals surface area contributed by atoms with Crippen molar-refractivity contribution in [2.24, 2.45) is 5.92 Å². The molecule has 2 unspecified atom stereocenters. The van der Waals surface area contributed by atoms with E-state index in [-0.39, 0.29) is 12.6 Å². The number of hydrogen-bond acceptors (Lipinski definition) is 4. The highest BCUT2D eigenvalue weighted by molar-refractivity contribution is 5.56. The van der Waals surface area contributed by atoms with E-state index < -0.39 is 0 Å². The van der Waals surface area contributed by atoms with Gasteiger partial charge in [-0.15, -0.1) is 5.10 Å². The molecular formula is C17H26N4O. The predicted octanol–water partition coefficient (Wildman–Crippen LogP) is 3.61. The first-order chi connectivity index (χ1) is 10.7. The zero-order valence-corrected chi connectivity index (χ0v) is 13.7. The minimum atomic E-state index is -0.0698. The van der Waals surface area contributed by atoms with Crippen molar-refractivity contribution in [1.82, 2.24) is 20.0 Å². The van der Waals surface area contributed by atoms with Crippen molar-refractivity contribution in [2.75, 3.05) is 0 Å². The zero-order valence-electron chi connectivity index (χ0n) is 13.7. The largest absolute Gasteiger partial charge is 0.390 e. The normalized spacial score (nSPS) is 14.0. The van der Waals surface area contributed by atoms with Crippen LogP contribution in [0.3, 0.4) is 0 Å². The van der Waals surface area contributed by atoms with Crippen LogP contribution in [0.5, 0.6) is 0 Å². The van der Waals surface area contributed by atoms with E-state index in [4.69, 9.17) is 0 Å². The molecule has 0 saturated heterocycles. The zero-order chi connectivity index (χ0) is 15.9. The number of hydrogen-bond donors (Lipinski definition) is 1. The van der Waals surface area contributed by atoms with Gasteiger partial charge in [0.05, 0.1) is 24.0 Å². The van der Waals surface area contributed by atoms with Crippen molar-refractivity contribution in [3.05, 3.63) is 30.1 Å². The Morgan fingerprint density at radius 1 is 1.27 bits per heavy atom. The summed E-state index contributed by atoms with van der Waals surface area (Å²) < 4.78 is 1.92. The van der Waals surface area contributed by atoms with Gasteiger partial charge in [0.2, 0.25) is 0 Å². The van der Waals surface area contributed by atoms with Crippen LogP contribution in [0, 0.1) is 5.92 Å². The second-order valence-corrected chi connectivity index (χ2v) is 5.89. The molecule has 0 spiro atoms. The summed E-state index contributed by atoms with van der Waals surface area (Å²) in [6, 6.07) is 5.98. The molecule has 2 aromatic rings. The molecule has 0 bridgehead atoms.